The van der Waals surface area contributed by atoms with E-state index in [2.05, 4.69) is 19.2 Å². The fourth-order valence-corrected chi connectivity index (χ4v) is 7.92. The van der Waals surface area contributed by atoms with E-state index in [-0.39, 0.29) is 12.5 Å². The molecule has 0 bridgehead atoms. The van der Waals surface area contributed by atoms with Gasteiger partial charge in [0.2, 0.25) is 5.91 Å². The smallest absolute Gasteiger partial charge is 0.220 e. The first-order valence-corrected chi connectivity index (χ1v) is 24.4. The van der Waals surface area contributed by atoms with E-state index in [0.717, 1.165) is 38.5 Å². The van der Waals surface area contributed by atoms with Gasteiger partial charge in [-0.05, 0) is 19.3 Å². The molecule has 0 aromatic heterocycles. The molecule has 0 saturated carbocycles. The summed E-state index contributed by atoms with van der Waals surface area (Å²) in [4.78, 5) is 13.0. The average Bonchev–Trinajstić information content (AvgIpc) is 3.21. The van der Waals surface area contributed by atoms with Crippen molar-refractivity contribution >= 4 is 5.91 Å². The lowest BCUT2D eigenvalue weighted by atomic mass is 9.99. The highest BCUT2D eigenvalue weighted by Crippen LogP contribution is 2.23. The maximum absolute atomic E-state index is 13.0. The lowest BCUT2D eigenvalue weighted by Crippen LogP contribution is -2.60. The minimum Gasteiger partial charge on any atom is -0.394 e. The number of rotatable bonds is 41. The largest absolute Gasteiger partial charge is 0.394 e. The molecule has 6 N–H and O–H groups in total. The fourth-order valence-electron chi connectivity index (χ4n) is 7.92. The van der Waals surface area contributed by atoms with E-state index in [0.29, 0.717) is 6.42 Å². The first-order chi connectivity index (χ1) is 27.8. The number of allylic oxidation sites excluding steroid dienone is 1. The number of amides is 1. The molecule has 57 heavy (non-hydrogen) atoms. The van der Waals surface area contributed by atoms with Crippen LogP contribution in [0.4, 0.5) is 0 Å². The van der Waals surface area contributed by atoms with Gasteiger partial charge in [0.15, 0.2) is 6.29 Å². The van der Waals surface area contributed by atoms with Crippen LogP contribution in [0.25, 0.3) is 0 Å². The molecule has 338 valence electrons. The van der Waals surface area contributed by atoms with E-state index in [4.69, 9.17) is 9.47 Å². The zero-order chi connectivity index (χ0) is 41.6. The number of aliphatic hydroxyl groups excluding tert-OH is 5. The number of carbonyl (C=O) groups excluding carboxylic acids is 1. The van der Waals surface area contributed by atoms with Crippen molar-refractivity contribution in [3.8, 4) is 0 Å². The molecular formula is C48H93NO8. The van der Waals surface area contributed by atoms with E-state index < -0.39 is 49.5 Å². The van der Waals surface area contributed by atoms with Crippen molar-refractivity contribution in [2.45, 2.75) is 275 Å². The lowest BCUT2D eigenvalue weighted by Gasteiger charge is -2.40. The summed E-state index contributed by atoms with van der Waals surface area (Å²) in [7, 11) is 0. The zero-order valence-corrected chi connectivity index (χ0v) is 37.1. The molecule has 1 aliphatic heterocycles. The molecule has 0 aromatic carbocycles. The molecule has 1 aliphatic rings. The Morgan fingerprint density at radius 3 is 1.37 bits per heavy atom. The molecule has 0 aliphatic carbocycles. The number of hydrogen-bond acceptors (Lipinski definition) is 8. The Kier molecular flexibility index (Phi) is 37.0. The van der Waals surface area contributed by atoms with Crippen LogP contribution in [-0.2, 0) is 14.3 Å². The van der Waals surface area contributed by atoms with Crippen molar-refractivity contribution in [3.63, 3.8) is 0 Å². The Morgan fingerprint density at radius 1 is 0.579 bits per heavy atom. The molecule has 9 heteroatoms. The molecule has 1 rings (SSSR count). The summed E-state index contributed by atoms with van der Waals surface area (Å²) in [6.07, 6.45) is 38.2. The van der Waals surface area contributed by atoms with Gasteiger partial charge in [0.1, 0.15) is 24.4 Å². The van der Waals surface area contributed by atoms with Gasteiger partial charge in [0.25, 0.3) is 0 Å². The zero-order valence-electron chi connectivity index (χ0n) is 37.1. The minimum absolute atomic E-state index is 0.173. The molecule has 0 aromatic rings. The number of unbranched alkanes of at least 4 members (excludes halogenated alkanes) is 31. The fraction of sp³-hybridized carbons (Fsp3) is 0.938. The molecule has 1 amide bonds. The summed E-state index contributed by atoms with van der Waals surface area (Å²) in [5, 5.41) is 54.3. The summed E-state index contributed by atoms with van der Waals surface area (Å²) in [5.41, 5.74) is 0. The Morgan fingerprint density at radius 2 is 0.965 bits per heavy atom. The van der Waals surface area contributed by atoms with Crippen LogP contribution in [0.2, 0.25) is 0 Å². The van der Waals surface area contributed by atoms with Gasteiger partial charge in [0, 0.05) is 6.42 Å². The van der Waals surface area contributed by atoms with Crippen LogP contribution >= 0.6 is 0 Å². The third-order valence-electron chi connectivity index (χ3n) is 11.9. The second-order valence-corrected chi connectivity index (χ2v) is 17.3. The van der Waals surface area contributed by atoms with Crippen molar-refractivity contribution in [1.29, 1.82) is 0 Å². The molecule has 0 radical (unpaired) electrons. The SMILES string of the molecule is CCCCCCCCCCCCCCCC/C=C/[C@@H](O)[C@H](CO[C@@H]1O[C@H](CO)[C@H](O)C(O)C1O)NC(=O)CCCCCCCCCCCCCCCCCCCC. The third kappa shape index (κ3) is 29.7. The average molecular weight is 812 g/mol. The van der Waals surface area contributed by atoms with Crippen LogP contribution in [0, 0.1) is 0 Å². The second-order valence-electron chi connectivity index (χ2n) is 17.3. The summed E-state index contributed by atoms with van der Waals surface area (Å²) < 4.78 is 11.2. The van der Waals surface area contributed by atoms with E-state index in [1.165, 1.54) is 173 Å². The van der Waals surface area contributed by atoms with Crippen molar-refractivity contribution in [3.05, 3.63) is 12.2 Å². The van der Waals surface area contributed by atoms with Gasteiger partial charge >= 0.3 is 0 Å². The highest BCUT2D eigenvalue weighted by atomic mass is 16.7. The molecule has 9 nitrogen and oxygen atoms in total. The number of carbonyl (C=O) groups is 1. The van der Waals surface area contributed by atoms with Crippen LogP contribution in [0.5, 0.6) is 0 Å². The van der Waals surface area contributed by atoms with Gasteiger partial charge < -0.3 is 40.3 Å². The van der Waals surface area contributed by atoms with Gasteiger partial charge in [0.05, 0.1) is 25.4 Å². The van der Waals surface area contributed by atoms with Gasteiger partial charge in [-0.1, -0.05) is 219 Å². The Balaban J connectivity index is 2.31. The van der Waals surface area contributed by atoms with Crippen molar-refractivity contribution in [2.75, 3.05) is 13.2 Å². The second kappa shape index (κ2) is 39.1. The minimum atomic E-state index is -1.56. The van der Waals surface area contributed by atoms with E-state index >= 15 is 0 Å². The summed E-state index contributed by atoms with van der Waals surface area (Å²) in [6, 6.07) is -0.798. The highest BCUT2D eigenvalue weighted by Gasteiger charge is 2.44. The van der Waals surface area contributed by atoms with Gasteiger partial charge in [-0.3, -0.25) is 4.79 Å². The van der Waals surface area contributed by atoms with Crippen LogP contribution in [0.15, 0.2) is 12.2 Å². The normalized spacial score (nSPS) is 21.0. The molecule has 7 atom stereocenters. The maximum atomic E-state index is 13.0. The monoisotopic (exact) mass is 812 g/mol. The standard InChI is InChI=1S/C48H93NO8/c1-3-5-7-9-11-13-15-17-19-21-22-24-26-28-30-32-34-36-38-44(52)49-41(40-56-48-47(55)46(54)45(53)43(39-50)57-48)42(51)37-35-33-31-29-27-25-23-20-18-16-14-12-10-8-6-4-2/h35,37,41-43,45-48,50-51,53-55H,3-34,36,38-40H2,1-2H3,(H,49,52)/b37-35+/t41-,42+,43+,45-,46?,47?,48+/m0/s1. The molecular weight excluding hydrogens is 719 g/mol. The van der Waals surface area contributed by atoms with Crippen molar-refractivity contribution in [2.24, 2.45) is 0 Å². The molecule has 0 spiro atoms. The number of ether oxygens (including phenoxy) is 2. The van der Waals surface area contributed by atoms with Crippen LogP contribution in [-0.4, -0.2) is 87.5 Å². The Labute approximate surface area is 350 Å². The predicted octanol–water partition coefficient (Wildman–Crippen LogP) is 10.5. The van der Waals surface area contributed by atoms with Gasteiger partial charge in [-0.2, -0.15) is 0 Å². The van der Waals surface area contributed by atoms with E-state index in [1.807, 2.05) is 6.08 Å². The first-order valence-electron chi connectivity index (χ1n) is 24.4. The van der Waals surface area contributed by atoms with E-state index in [9.17, 15) is 30.3 Å². The molecule has 1 saturated heterocycles. The van der Waals surface area contributed by atoms with Crippen LogP contribution in [0.1, 0.15) is 232 Å². The van der Waals surface area contributed by atoms with Crippen molar-refractivity contribution < 1.29 is 39.8 Å². The molecule has 1 fully saturated rings. The predicted molar refractivity (Wildman–Crippen MR) is 235 cm³/mol. The molecule has 1 heterocycles. The van der Waals surface area contributed by atoms with Gasteiger partial charge in [-0.25, -0.2) is 0 Å². The Bertz CT molecular complexity index is 904. The maximum Gasteiger partial charge on any atom is 0.220 e. The highest BCUT2D eigenvalue weighted by molar-refractivity contribution is 5.76. The number of nitrogens with one attached hydrogen (secondary N) is 1. The summed E-state index contributed by atoms with van der Waals surface area (Å²) >= 11 is 0. The van der Waals surface area contributed by atoms with Crippen molar-refractivity contribution in [1.82, 2.24) is 5.32 Å². The third-order valence-corrected chi connectivity index (χ3v) is 11.9. The van der Waals surface area contributed by atoms with Crippen LogP contribution in [0.3, 0.4) is 0 Å². The quantitative estimate of drug-likeness (QED) is 0.0264. The first kappa shape index (κ1) is 53.9. The topological polar surface area (TPSA) is 149 Å². The number of aliphatic hydroxyl groups is 5. The lowest BCUT2D eigenvalue weighted by molar-refractivity contribution is -0.302. The summed E-state index contributed by atoms with van der Waals surface area (Å²) in [5.74, 6) is -0.173. The van der Waals surface area contributed by atoms with Gasteiger partial charge in [-0.15, -0.1) is 0 Å². The van der Waals surface area contributed by atoms with E-state index in [1.54, 1.807) is 6.08 Å². The summed E-state index contributed by atoms with van der Waals surface area (Å²) in [6.45, 7) is 3.79. The Hall–Kier alpha value is -1.07. The molecule has 2 unspecified atom stereocenters. The number of hydrogen-bond donors (Lipinski definition) is 6. The van der Waals surface area contributed by atoms with Crippen LogP contribution < -0.4 is 5.32 Å².